The first-order valence-electron chi connectivity index (χ1n) is 4.61. The maximum absolute atomic E-state index is 12.6. The number of thiophene rings is 1. The number of carbonyl (C=O) groups excluding carboxylic acids is 1. The van der Waals surface area contributed by atoms with Gasteiger partial charge in [-0.3, -0.25) is 4.79 Å². The van der Waals surface area contributed by atoms with Crippen molar-refractivity contribution >= 4 is 27.3 Å². The standard InChI is InChI=1S/C8H8F4N2O3S2/c9-6(10)8(11,12)7(15)14-3-4-1-2-5(18-4)19(13,16)17/h1-2,6H,3H2,(H,14,15)(H2,13,16,17). The summed E-state index contributed by atoms with van der Waals surface area (Å²) in [7, 11) is -3.92. The third kappa shape index (κ3) is 3.88. The highest BCUT2D eigenvalue weighted by molar-refractivity contribution is 7.91. The maximum atomic E-state index is 12.6. The summed E-state index contributed by atoms with van der Waals surface area (Å²) in [6, 6.07) is 2.35. The van der Waals surface area contributed by atoms with E-state index < -0.39 is 34.8 Å². The van der Waals surface area contributed by atoms with Gasteiger partial charge in [0, 0.05) is 4.88 Å². The number of alkyl halides is 4. The Hall–Kier alpha value is -1.20. The Labute approximate surface area is 109 Å². The van der Waals surface area contributed by atoms with E-state index in [1.165, 1.54) is 6.07 Å². The first-order valence-corrected chi connectivity index (χ1v) is 6.97. The monoisotopic (exact) mass is 320 g/mol. The summed E-state index contributed by atoms with van der Waals surface area (Å²) < 4.78 is 70.4. The van der Waals surface area contributed by atoms with Gasteiger partial charge >= 0.3 is 12.3 Å². The van der Waals surface area contributed by atoms with Gasteiger partial charge in [-0.2, -0.15) is 8.78 Å². The number of sulfonamides is 1. The molecule has 108 valence electrons. The van der Waals surface area contributed by atoms with Gasteiger partial charge in [-0.05, 0) is 12.1 Å². The van der Waals surface area contributed by atoms with Crippen LogP contribution in [0.2, 0.25) is 0 Å². The minimum atomic E-state index is -4.79. The number of nitrogens with two attached hydrogens (primary N) is 1. The van der Waals surface area contributed by atoms with E-state index in [1.807, 2.05) is 0 Å². The largest absolute Gasteiger partial charge is 0.383 e. The van der Waals surface area contributed by atoms with E-state index in [0.29, 0.717) is 11.3 Å². The van der Waals surface area contributed by atoms with Crippen molar-refractivity contribution in [2.24, 2.45) is 5.14 Å². The first kappa shape index (κ1) is 15.9. The van der Waals surface area contributed by atoms with Crippen molar-refractivity contribution in [3.8, 4) is 0 Å². The Morgan fingerprint density at radius 2 is 2.00 bits per heavy atom. The highest BCUT2D eigenvalue weighted by Gasteiger charge is 2.48. The van der Waals surface area contributed by atoms with Gasteiger partial charge in [-0.25, -0.2) is 22.3 Å². The second-order valence-corrected chi connectivity index (χ2v) is 6.33. The molecule has 1 aromatic rings. The second kappa shape index (κ2) is 5.43. The molecule has 0 atom stereocenters. The third-order valence-corrected chi connectivity index (χ3v) is 4.44. The van der Waals surface area contributed by atoms with Gasteiger partial charge < -0.3 is 5.32 Å². The normalized spacial score (nSPS) is 12.7. The van der Waals surface area contributed by atoms with Gasteiger partial charge in [0.25, 0.3) is 5.91 Å². The highest BCUT2D eigenvalue weighted by atomic mass is 32.2. The van der Waals surface area contributed by atoms with Crippen molar-refractivity contribution in [2.45, 2.75) is 23.1 Å². The summed E-state index contributed by atoms with van der Waals surface area (Å²) >= 11 is 0.641. The molecule has 0 unspecified atom stereocenters. The summed E-state index contributed by atoms with van der Waals surface area (Å²) in [5.74, 6) is -6.92. The van der Waals surface area contributed by atoms with E-state index in [9.17, 15) is 30.8 Å². The van der Waals surface area contributed by atoms with Crippen LogP contribution in [-0.4, -0.2) is 26.7 Å². The number of rotatable bonds is 5. The molecule has 0 bridgehead atoms. The molecule has 0 saturated heterocycles. The van der Waals surface area contributed by atoms with Crippen molar-refractivity contribution in [3.05, 3.63) is 17.0 Å². The lowest BCUT2D eigenvalue weighted by molar-refractivity contribution is -0.169. The number of hydrogen-bond donors (Lipinski definition) is 2. The van der Waals surface area contributed by atoms with Crippen molar-refractivity contribution < 1.29 is 30.8 Å². The van der Waals surface area contributed by atoms with E-state index >= 15 is 0 Å². The molecule has 0 radical (unpaired) electrons. The lowest BCUT2D eigenvalue weighted by atomic mass is 10.3. The molecule has 5 nitrogen and oxygen atoms in total. The Kier molecular flexibility index (Phi) is 4.53. The summed E-state index contributed by atoms with van der Waals surface area (Å²) in [5, 5.41) is 6.40. The van der Waals surface area contributed by atoms with Crippen LogP contribution < -0.4 is 10.5 Å². The number of halogens is 4. The molecule has 0 aliphatic heterocycles. The molecule has 19 heavy (non-hydrogen) atoms. The number of primary sulfonamides is 1. The molecule has 0 aliphatic rings. The maximum Gasteiger partial charge on any atom is 0.383 e. The number of amides is 1. The summed E-state index contributed by atoms with van der Waals surface area (Å²) in [6.45, 7) is -0.499. The fourth-order valence-electron chi connectivity index (χ4n) is 0.990. The van der Waals surface area contributed by atoms with E-state index in [2.05, 4.69) is 0 Å². The number of hydrogen-bond acceptors (Lipinski definition) is 4. The molecule has 1 rings (SSSR count). The second-order valence-electron chi connectivity index (χ2n) is 3.37. The van der Waals surface area contributed by atoms with Crippen LogP contribution in [0.3, 0.4) is 0 Å². The van der Waals surface area contributed by atoms with Gasteiger partial charge in [-0.1, -0.05) is 0 Å². The fourth-order valence-corrected chi connectivity index (χ4v) is 2.71. The average molecular weight is 320 g/mol. The Bertz CT molecular complexity index is 570. The van der Waals surface area contributed by atoms with E-state index in [0.717, 1.165) is 6.07 Å². The molecule has 0 aliphatic carbocycles. The van der Waals surface area contributed by atoms with Crippen LogP contribution in [0.1, 0.15) is 4.88 Å². The SMILES string of the molecule is NS(=O)(=O)c1ccc(CNC(=O)C(F)(F)C(F)F)s1. The van der Waals surface area contributed by atoms with Crippen molar-refractivity contribution in [1.82, 2.24) is 5.32 Å². The number of nitrogens with one attached hydrogen (secondary N) is 1. The molecule has 0 fully saturated rings. The summed E-state index contributed by atoms with van der Waals surface area (Å²) in [5.41, 5.74) is 0. The predicted octanol–water partition coefficient (Wildman–Crippen LogP) is 0.912. The summed E-state index contributed by atoms with van der Waals surface area (Å²) in [6.07, 6.45) is -4.11. The lowest BCUT2D eigenvalue weighted by Gasteiger charge is -2.14. The zero-order valence-electron chi connectivity index (χ0n) is 9.07. The smallest absolute Gasteiger partial charge is 0.346 e. The van der Waals surface area contributed by atoms with Gasteiger partial charge in [0.2, 0.25) is 10.0 Å². The topological polar surface area (TPSA) is 89.3 Å². The van der Waals surface area contributed by atoms with Crippen molar-refractivity contribution in [1.29, 1.82) is 0 Å². The molecular formula is C8H8F4N2O3S2. The van der Waals surface area contributed by atoms with E-state index in [-0.39, 0.29) is 9.09 Å². The van der Waals surface area contributed by atoms with Gasteiger partial charge in [-0.15, -0.1) is 11.3 Å². The average Bonchev–Trinajstić information content (AvgIpc) is 2.73. The highest BCUT2D eigenvalue weighted by Crippen LogP contribution is 2.24. The zero-order chi connectivity index (χ0) is 14.8. The molecule has 3 N–H and O–H groups in total. The van der Waals surface area contributed by atoms with Crippen LogP contribution in [0.5, 0.6) is 0 Å². The molecule has 0 aromatic carbocycles. The minimum absolute atomic E-state index is 0.183. The van der Waals surface area contributed by atoms with Gasteiger partial charge in [0.1, 0.15) is 4.21 Å². The van der Waals surface area contributed by atoms with Gasteiger partial charge in [0.05, 0.1) is 6.54 Å². The lowest BCUT2D eigenvalue weighted by Crippen LogP contribution is -2.44. The quantitative estimate of drug-likeness (QED) is 0.790. The Morgan fingerprint density at radius 1 is 1.42 bits per heavy atom. The molecule has 0 saturated carbocycles. The van der Waals surface area contributed by atoms with Gasteiger partial charge in [0.15, 0.2) is 0 Å². The van der Waals surface area contributed by atoms with Crippen LogP contribution >= 0.6 is 11.3 Å². The van der Waals surface area contributed by atoms with E-state index in [4.69, 9.17) is 5.14 Å². The molecular weight excluding hydrogens is 312 g/mol. The molecule has 1 heterocycles. The van der Waals surface area contributed by atoms with Crippen LogP contribution in [0.15, 0.2) is 16.3 Å². The Morgan fingerprint density at radius 3 is 2.42 bits per heavy atom. The van der Waals surface area contributed by atoms with Crippen molar-refractivity contribution in [3.63, 3.8) is 0 Å². The van der Waals surface area contributed by atoms with E-state index in [1.54, 1.807) is 5.32 Å². The fraction of sp³-hybridized carbons (Fsp3) is 0.375. The minimum Gasteiger partial charge on any atom is -0.346 e. The van der Waals surface area contributed by atoms with Crippen LogP contribution in [0.25, 0.3) is 0 Å². The molecule has 0 spiro atoms. The van der Waals surface area contributed by atoms with Crippen LogP contribution in [0.4, 0.5) is 17.6 Å². The molecule has 1 amide bonds. The predicted molar refractivity (Wildman–Crippen MR) is 58.5 cm³/mol. The van der Waals surface area contributed by atoms with Crippen molar-refractivity contribution in [2.75, 3.05) is 0 Å². The molecule has 11 heteroatoms. The number of carbonyl (C=O) groups is 1. The zero-order valence-corrected chi connectivity index (χ0v) is 10.7. The molecule has 1 aromatic heterocycles. The van der Waals surface area contributed by atoms with Crippen LogP contribution in [0, 0.1) is 0 Å². The summed E-state index contributed by atoms with van der Waals surface area (Å²) in [4.78, 5) is 11.0. The van der Waals surface area contributed by atoms with Crippen LogP contribution in [-0.2, 0) is 21.4 Å². The first-order chi connectivity index (χ1) is 8.55. The Balaban J connectivity index is 2.69. The third-order valence-electron chi connectivity index (χ3n) is 1.92.